The Hall–Kier alpha value is -3.81. The number of methoxy groups -OCH3 is 1. The number of rotatable bonds is 5. The van der Waals surface area contributed by atoms with Crippen LogP contribution in [0.4, 0.5) is 24.5 Å². The van der Waals surface area contributed by atoms with E-state index >= 15 is 0 Å². The van der Waals surface area contributed by atoms with Crippen molar-refractivity contribution in [2.24, 2.45) is 0 Å². The van der Waals surface area contributed by atoms with Crippen molar-refractivity contribution in [3.05, 3.63) is 77.9 Å². The van der Waals surface area contributed by atoms with E-state index in [2.05, 4.69) is 10.6 Å². The number of carbonyl (C=O) groups is 2. The second-order valence-corrected chi connectivity index (χ2v) is 6.67. The molecule has 0 aliphatic rings. The average molecular weight is 428 g/mol. The van der Waals surface area contributed by atoms with Gasteiger partial charge in [-0.15, -0.1) is 0 Å². The summed E-state index contributed by atoms with van der Waals surface area (Å²) >= 11 is 0. The Morgan fingerprint density at radius 3 is 2.19 bits per heavy atom. The SMILES string of the molecule is COc1ccc(NC(=O)c2ccccc2-c2ccc(C(F)(F)F)cc2)cc1NC(C)=O. The summed E-state index contributed by atoms with van der Waals surface area (Å²) in [7, 11) is 1.46. The molecule has 2 N–H and O–H groups in total. The highest BCUT2D eigenvalue weighted by atomic mass is 19.4. The summed E-state index contributed by atoms with van der Waals surface area (Å²) in [5, 5.41) is 5.37. The molecule has 5 nitrogen and oxygen atoms in total. The first kappa shape index (κ1) is 21.9. The van der Waals surface area contributed by atoms with Crippen molar-refractivity contribution in [3.8, 4) is 16.9 Å². The van der Waals surface area contributed by atoms with Crippen LogP contribution in [0.15, 0.2) is 66.7 Å². The minimum absolute atomic E-state index is 0.291. The lowest BCUT2D eigenvalue weighted by atomic mass is 9.98. The van der Waals surface area contributed by atoms with Crippen LogP contribution in [0.3, 0.4) is 0 Å². The largest absolute Gasteiger partial charge is 0.495 e. The molecular formula is C23H19F3N2O3. The number of ether oxygens (including phenoxy) is 1. The molecule has 0 bridgehead atoms. The summed E-state index contributed by atoms with van der Waals surface area (Å²) in [6, 6.07) is 16.0. The summed E-state index contributed by atoms with van der Waals surface area (Å²) in [6.45, 7) is 1.35. The monoisotopic (exact) mass is 428 g/mol. The van der Waals surface area contributed by atoms with Gasteiger partial charge in [0, 0.05) is 18.2 Å². The van der Waals surface area contributed by atoms with Gasteiger partial charge in [-0.05, 0) is 47.5 Å². The Morgan fingerprint density at radius 2 is 1.58 bits per heavy atom. The predicted molar refractivity (Wildman–Crippen MR) is 112 cm³/mol. The quantitative estimate of drug-likeness (QED) is 0.557. The molecule has 0 aliphatic carbocycles. The van der Waals surface area contributed by atoms with Gasteiger partial charge in [0.1, 0.15) is 5.75 Å². The fourth-order valence-corrected chi connectivity index (χ4v) is 3.04. The zero-order valence-electron chi connectivity index (χ0n) is 16.7. The van der Waals surface area contributed by atoms with Gasteiger partial charge in [-0.1, -0.05) is 30.3 Å². The maximum Gasteiger partial charge on any atom is 0.416 e. The van der Waals surface area contributed by atoms with Crippen molar-refractivity contribution < 1.29 is 27.5 Å². The Kier molecular flexibility index (Phi) is 6.29. The molecule has 0 saturated carbocycles. The molecule has 0 atom stereocenters. The van der Waals surface area contributed by atoms with E-state index in [1.807, 2.05) is 0 Å². The lowest BCUT2D eigenvalue weighted by molar-refractivity contribution is -0.137. The van der Waals surface area contributed by atoms with E-state index in [9.17, 15) is 22.8 Å². The summed E-state index contributed by atoms with van der Waals surface area (Å²) in [5.74, 6) is -0.317. The molecule has 2 amide bonds. The molecule has 0 aromatic heterocycles. The Bertz CT molecular complexity index is 1110. The van der Waals surface area contributed by atoms with E-state index < -0.39 is 17.6 Å². The van der Waals surface area contributed by atoms with Crippen LogP contribution >= 0.6 is 0 Å². The van der Waals surface area contributed by atoms with E-state index in [1.54, 1.807) is 42.5 Å². The van der Waals surface area contributed by atoms with E-state index in [4.69, 9.17) is 4.74 Å². The van der Waals surface area contributed by atoms with E-state index in [1.165, 1.54) is 26.2 Å². The third-order valence-electron chi connectivity index (χ3n) is 4.46. The molecule has 3 aromatic rings. The van der Waals surface area contributed by atoms with Crippen molar-refractivity contribution in [2.75, 3.05) is 17.7 Å². The second kappa shape index (κ2) is 8.91. The van der Waals surface area contributed by atoms with Gasteiger partial charge < -0.3 is 15.4 Å². The minimum Gasteiger partial charge on any atom is -0.495 e. The van der Waals surface area contributed by atoms with Gasteiger partial charge in [0.15, 0.2) is 0 Å². The number of alkyl halides is 3. The summed E-state index contributed by atoms with van der Waals surface area (Å²) in [6.07, 6.45) is -4.44. The Balaban J connectivity index is 1.89. The van der Waals surface area contributed by atoms with Gasteiger partial charge in [-0.2, -0.15) is 13.2 Å². The number of nitrogens with one attached hydrogen (secondary N) is 2. The van der Waals surface area contributed by atoms with E-state index in [0.29, 0.717) is 33.8 Å². The van der Waals surface area contributed by atoms with Crippen LogP contribution in [0.1, 0.15) is 22.8 Å². The molecule has 3 rings (SSSR count). The lowest BCUT2D eigenvalue weighted by Gasteiger charge is -2.14. The van der Waals surface area contributed by atoms with Crippen molar-refractivity contribution in [1.82, 2.24) is 0 Å². The third-order valence-corrected chi connectivity index (χ3v) is 4.46. The number of hydrogen-bond acceptors (Lipinski definition) is 3. The zero-order valence-corrected chi connectivity index (χ0v) is 16.7. The summed E-state index contributed by atoms with van der Waals surface area (Å²) < 4.78 is 43.7. The molecule has 0 heterocycles. The number of carbonyl (C=O) groups excluding carboxylic acids is 2. The first-order valence-corrected chi connectivity index (χ1v) is 9.22. The number of halogens is 3. The molecule has 3 aromatic carbocycles. The highest BCUT2D eigenvalue weighted by molar-refractivity contribution is 6.09. The fraction of sp³-hybridized carbons (Fsp3) is 0.130. The van der Waals surface area contributed by atoms with Crippen LogP contribution in [-0.2, 0) is 11.0 Å². The standard InChI is InChI=1S/C23H19F3N2O3/c1-14(29)27-20-13-17(11-12-21(20)31-2)28-22(30)19-6-4-3-5-18(19)15-7-9-16(10-8-15)23(24,25)26/h3-13H,1-2H3,(H,27,29)(H,28,30). The minimum atomic E-state index is -4.44. The van der Waals surface area contributed by atoms with Crippen molar-refractivity contribution in [3.63, 3.8) is 0 Å². The molecule has 0 unspecified atom stereocenters. The van der Waals surface area contributed by atoms with Gasteiger partial charge in [-0.25, -0.2) is 0 Å². The zero-order chi connectivity index (χ0) is 22.6. The van der Waals surface area contributed by atoms with Gasteiger partial charge in [0.05, 0.1) is 18.4 Å². The van der Waals surface area contributed by atoms with Crippen LogP contribution in [0, 0.1) is 0 Å². The van der Waals surface area contributed by atoms with E-state index in [-0.39, 0.29) is 5.91 Å². The van der Waals surface area contributed by atoms with Crippen LogP contribution in [0.2, 0.25) is 0 Å². The van der Waals surface area contributed by atoms with Gasteiger partial charge >= 0.3 is 6.18 Å². The molecule has 8 heteroatoms. The normalized spacial score (nSPS) is 11.0. The smallest absolute Gasteiger partial charge is 0.416 e. The molecule has 0 saturated heterocycles. The first-order valence-electron chi connectivity index (χ1n) is 9.22. The Labute approximate surface area is 176 Å². The highest BCUT2D eigenvalue weighted by Gasteiger charge is 2.30. The summed E-state index contributed by atoms with van der Waals surface area (Å²) in [5.41, 5.74) is 1.30. The molecule has 31 heavy (non-hydrogen) atoms. The van der Waals surface area contributed by atoms with Crippen LogP contribution in [0.25, 0.3) is 11.1 Å². The maximum atomic E-state index is 12.9. The molecule has 0 fully saturated rings. The molecule has 0 aliphatic heterocycles. The lowest BCUT2D eigenvalue weighted by Crippen LogP contribution is -2.14. The third kappa shape index (κ3) is 5.22. The highest BCUT2D eigenvalue weighted by Crippen LogP contribution is 2.32. The topological polar surface area (TPSA) is 67.4 Å². The van der Waals surface area contributed by atoms with Crippen LogP contribution in [-0.4, -0.2) is 18.9 Å². The number of anilines is 2. The van der Waals surface area contributed by atoms with Gasteiger partial charge in [-0.3, -0.25) is 9.59 Å². The predicted octanol–water partition coefficient (Wildman–Crippen LogP) is 5.59. The van der Waals surface area contributed by atoms with Crippen molar-refractivity contribution >= 4 is 23.2 Å². The number of amides is 2. The molecule has 160 valence electrons. The maximum absolute atomic E-state index is 12.9. The molecule has 0 radical (unpaired) electrons. The second-order valence-electron chi connectivity index (χ2n) is 6.67. The van der Waals surface area contributed by atoms with Crippen LogP contribution < -0.4 is 15.4 Å². The van der Waals surface area contributed by atoms with Crippen molar-refractivity contribution in [1.29, 1.82) is 0 Å². The van der Waals surface area contributed by atoms with Crippen LogP contribution in [0.5, 0.6) is 5.75 Å². The number of benzene rings is 3. The fourth-order valence-electron chi connectivity index (χ4n) is 3.04. The average Bonchev–Trinajstić information content (AvgIpc) is 2.73. The Morgan fingerprint density at radius 1 is 0.903 bits per heavy atom. The first-order chi connectivity index (χ1) is 14.7. The molecule has 0 spiro atoms. The van der Waals surface area contributed by atoms with E-state index in [0.717, 1.165) is 12.1 Å². The summed E-state index contributed by atoms with van der Waals surface area (Å²) in [4.78, 5) is 24.3. The number of hydrogen-bond donors (Lipinski definition) is 2. The van der Waals surface area contributed by atoms with Gasteiger partial charge in [0.25, 0.3) is 5.91 Å². The van der Waals surface area contributed by atoms with Crippen molar-refractivity contribution in [2.45, 2.75) is 13.1 Å². The molecular weight excluding hydrogens is 409 g/mol. The van der Waals surface area contributed by atoms with Gasteiger partial charge in [0.2, 0.25) is 5.91 Å².